The molecule has 42 heavy (non-hydrogen) atoms. The average Bonchev–Trinajstić information content (AvgIpc) is 2.92. The highest BCUT2D eigenvalue weighted by Gasteiger charge is 2.33. The number of hydrogen-bond donors (Lipinski definition) is 3. The molecule has 3 atom stereocenters. The van der Waals surface area contributed by atoms with Crippen molar-refractivity contribution in [3.05, 3.63) is 53.1 Å². The Bertz CT molecular complexity index is 1270. The van der Waals surface area contributed by atoms with Crippen LogP contribution in [-0.2, 0) is 16.1 Å². The third-order valence-corrected chi connectivity index (χ3v) is 9.06. The summed E-state index contributed by atoms with van der Waals surface area (Å²) in [6.07, 6.45) is 4.73. The Labute approximate surface area is 251 Å². The van der Waals surface area contributed by atoms with Crippen LogP contribution in [0.5, 0.6) is 0 Å². The van der Waals surface area contributed by atoms with E-state index in [1.807, 2.05) is 19.9 Å². The maximum atomic E-state index is 13.7. The minimum absolute atomic E-state index is 0.0140. The quantitative estimate of drug-likeness (QED) is 0.410. The molecule has 2 aromatic carbocycles. The minimum Gasteiger partial charge on any atom is -0.371 e. The second kappa shape index (κ2) is 13.7. The molecule has 2 aromatic rings. The Morgan fingerprint density at radius 3 is 2.24 bits per heavy atom. The van der Waals surface area contributed by atoms with Crippen LogP contribution in [0.3, 0.4) is 0 Å². The molecular weight excluding hydrogens is 526 g/mol. The Morgan fingerprint density at radius 2 is 1.64 bits per heavy atom. The van der Waals surface area contributed by atoms with Crippen LogP contribution in [0.4, 0.5) is 5.69 Å². The molecule has 3 unspecified atom stereocenters. The van der Waals surface area contributed by atoms with E-state index in [1.54, 1.807) is 6.92 Å². The van der Waals surface area contributed by atoms with Gasteiger partial charge in [0.25, 0.3) is 5.91 Å². The molecular formula is C34H49N5O3. The van der Waals surface area contributed by atoms with Gasteiger partial charge < -0.3 is 25.8 Å². The van der Waals surface area contributed by atoms with Gasteiger partial charge in [0, 0.05) is 56.4 Å². The van der Waals surface area contributed by atoms with Crippen molar-refractivity contribution < 1.29 is 14.4 Å². The van der Waals surface area contributed by atoms with Crippen LogP contribution < -0.4 is 20.9 Å². The van der Waals surface area contributed by atoms with Gasteiger partial charge in [0.15, 0.2) is 0 Å². The molecule has 0 radical (unpaired) electrons. The van der Waals surface area contributed by atoms with E-state index in [0.717, 1.165) is 61.0 Å². The second-order valence-electron chi connectivity index (χ2n) is 12.9. The Kier molecular flexibility index (Phi) is 10.3. The lowest BCUT2D eigenvalue weighted by molar-refractivity contribution is -0.129. The number of nitrogens with one attached hydrogen (secondary N) is 3. The van der Waals surface area contributed by atoms with Crippen LogP contribution in [0, 0.1) is 18.8 Å². The molecule has 1 aliphatic heterocycles. The number of hydrogen-bond acceptors (Lipinski definition) is 5. The van der Waals surface area contributed by atoms with Gasteiger partial charge in [-0.1, -0.05) is 31.2 Å². The highest BCUT2D eigenvalue weighted by atomic mass is 16.2. The van der Waals surface area contributed by atoms with Crippen molar-refractivity contribution >= 4 is 23.4 Å². The molecule has 1 saturated heterocycles. The summed E-state index contributed by atoms with van der Waals surface area (Å²) in [5.41, 5.74) is 5.89. The van der Waals surface area contributed by atoms with Crippen molar-refractivity contribution in [3.8, 4) is 11.1 Å². The third kappa shape index (κ3) is 7.71. The molecule has 0 aromatic heterocycles. The molecule has 0 spiro atoms. The summed E-state index contributed by atoms with van der Waals surface area (Å²) in [6.45, 7) is 8.89. The predicted molar refractivity (Wildman–Crippen MR) is 169 cm³/mol. The molecule has 1 saturated carbocycles. The van der Waals surface area contributed by atoms with Crippen molar-refractivity contribution in [1.82, 2.24) is 20.9 Å². The lowest BCUT2D eigenvalue weighted by Crippen LogP contribution is -2.50. The fourth-order valence-electron chi connectivity index (χ4n) is 6.71. The van der Waals surface area contributed by atoms with Gasteiger partial charge in [-0.3, -0.25) is 14.4 Å². The highest BCUT2D eigenvalue weighted by Crippen LogP contribution is 2.35. The van der Waals surface area contributed by atoms with E-state index in [4.69, 9.17) is 0 Å². The summed E-state index contributed by atoms with van der Waals surface area (Å²) in [5, 5.41) is 9.20. The van der Waals surface area contributed by atoms with Crippen LogP contribution >= 0.6 is 0 Å². The van der Waals surface area contributed by atoms with E-state index in [0.29, 0.717) is 18.2 Å². The number of benzene rings is 2. The van der Waals surface area contributed by atoms with Gasteiger partial charge in [-0.2, -0.15) is 0 Å². The van der Waals surface area contributed by atoms with Crippen molar-refractivity contribution in [2.45, 2.75) is 84.5 Å². The molecule has 1 heterocycles. The molecule has 2 fully saturated rings. The molecule has 228 valence electrons. The molecule has 1 aliphatic carbocycles. The average molecular weight is 576 g/mol. The number of carbonyl (C=O) groups excluding carboxylic acids is 3. The topological polar surface area (TPSA) is 93.8 Å². The highest BCUT2D eigenvalue weighted by molar-refractivity contribution is 5.99. The third-order valence-electron chi connectivity index (χ3n) is 9.06. The summed E-state index contributed by atoms with van der Waals surface area (Å²) in [4.78, 5) is 42.4. The van der Waals surface area contributed by atoms with Gasteiger partial charge in [-0.25, -0.2) is 0 Å². The first-order valence-electron chi connectivity index (χ1n) is 15.4. The van der Waals surface area contributed by atoms with Crippen molar-refractivity contribution in [2.24, 2.45) is 11.8 Å². The normalized spacial score (nSPS) is 24.2. The molecule has 8 heteroatoms. The van der Waals surface area contributed by atoms with Gasteiger partial charge in [0.1, 0.15) is 0 Å². The first-order chi connectivity index (χ1) is 19.9. The van der Waals surface area contributed by atoms with E-state index in [1.165, 1.54) is 5.56 Å². The maximum absolute atomic E-state index is 13.7. The molecule has 4 rings (SSSR count). The second-order valence-corrected chi connectivity index (χ2v) is 12.9. The number of rotatable bonds is 9. The summed E-state index contributed by atoms with van der Waals surface area (Å²) in [5.74, 6) is -0.145. The zero-order valence-electron chi connectivity index (χ0n) is 26.4. The van der Waals surface area contributed by atoms with Crippen LogP contribution in [0.2, 0.25) is 0 Å². The van der Waals surface area contributed by atoms with E-state index >= 15 is 0 Å². The molecule has 3 N–H and O–H groups in total. The SMILES string of the molecule is CC(=O)NC1CCC(N(C)c2cc(-c3ccc(CN(C)C)cc3)cc(C(=O)NCC3C(=O)NC(C)CC3C)c2C)CC1. The van der Waals surface area contributed by atoms with E-state index < -0.39 is 0 Å². The first-order valence-corrected chi connectivity index (χ1v) is 15.4. The minimum atomic E-state index is -0.237. The lowest BCUT2D eigenvalue weighted by atomic mass is 9.84. The number of nitrogens with zero attached hydrogens (tertiary/aromatic N) is 2. The van der Waals surface area contributed by atoms with Crippen molar-refractivity contribution in [1.29, 1.82) is 0 Å². The smallest absolute Gasteiger partial charge is 0.251 e. The maximum Gasteiger partial charge on any atom is 0.251 e. The largest absolute Gasteiger partial charge is 0.371 e. The van der Waals surface area contributed by atoms with Crippen LogP contribution in [0.15, 0.2) is 36.4 Å². The van der Waals surface area contributed by atoms with Gasteiger partial charge >= 0.3 is 0 Å². The summed E-state index contributed by atoms with van der Waals surface area (Å²) >= 11 is 0. The summed E-state index contributed by atoms with van der Waals surface area (Å²) in [6, 6.07) is 13.4. The molecule has 3 amide bonds. The standard InChI is InChI=1S/C34H49N5O3/c1-21-16-22(2)36-34(42)31(21)19-35-33(41)30-17-27(26-10-8-25(9-11-26)20-38(5)6)18-32(23(30)3)39(7)29-14-12-28(13-15-29)37-24(4)40/h8-11,17-18,21-22,28-29,31H,12-16,19-20H2,1-7H3,(H,35,41)(H,36,42)(H,37,40). The summed E-state index contributed by atoms with van der Waals surface area (Å²) < 4.78 is 0. The molecule has 0 bridgehead atoms. The predicted octanol–water partition coefficient (Wildman–Crippen LogP) is 4.50. The first kappa shape index (κ1) is 31.5. The number of anilines is 1. The zero-order chi connectivity index (χ0) is 30.6. The lowest BCUT2D eigenvalue weighted by Gasteiger charge is -2.37. The van der Waals surface area contributed by atoms with Crippen LogP contribution in [0.25, 0.3) is 11.1 Å². The van der Waals surface area contributed by atoms with Gasteiger partial charge in [-0.05, 0) is 100 Å². The fourth-order valence-corrected chi connectivity index (χ4v) is 6.71. The van der Waals surface area contributed by atoms with E-state index in [9.17, 15) is 14.4 Å². The Morgan fingerprint density at radius 1 is 0.976 bits per heavy atom. The van der Waals surface area contributed by atoms with Crippen LogP contribution in [0.1, 0.15) is 74.4 Å². The number of piperidine rings is 1. The van der Waals surface area contributed by atoms with Gasteiger partial charge in [0.2, 0.25) is 11.8 Å². The Balaban J connectivity index is 1.61. The zero-order valence-corrected chi connectivity index (χ0v) is 26.4. The number of carbonyl (C=O) groups is 3. The summed E-state index contributed by atoms with van der Waals surface area (Å²) in [7, 11) is 6.23. The van der Waals surface area contributed by atoms with Gasteiger partial charge in [0.05, 0.1) is 5.92 Å². The van der Waals surface area contributed by atoms with E-state index in [-0.39, 0.29) is 41.6 Å². The van der Waals surface area contributed by atoms with Crippen LogP contribution in [-0.4, -0.2) is 68.4 Å². The fraction of sp³-hybridized carbons (Fsp3) is 0.559. The monoisotopic (exact) mass is 575 g/mol. The molecule has 2 aliphatic rings. The molecule has 8 nitrogen and oxygen atoms in total. The van der Waals surface area contributed by atoms with Gasteiger partial charge in [-0.15, -0.1) is 0 Å². The number of amides is 3. The van der Waals surface area contributed by atoms with E-state index in [2.05, 4.69) is 84.1 Å². The van der Waals surface area contributed by atoms with Crippen molar-refractivity contribution in [3.63, 3.8) is 0 Å². The van der Waals surface area contributed by atoms with Crippen molar-refractivity contribution in [2.75, 3.05) is 32.6 Å². The Hall–Kier alpha value is -3.39.